The Hall–Kier alpha value is -2.89. The van der Waals surface area contributed by atoms with E-state index in [0.717, 1.165) is 5.69 Å². The van der Waals surface area contributed by atoms with Crippen molar-refractivity contribution in [3.05, 3.63) is 60.7 Å². The summed E-state index contributed by atoms with van der Waals surface area (Å²) in [4.78, 5) is 4.17. The van der Waals surface area contributed by atoms with E-state index in [-0.39, 0.29) is 5.75 Å². The molecule has 2 aromatic carbocycles. The molecule has 0 fully saturated rings. The number of methoxy groups -OCH3 is 1. The molecular formula is C15H13FN4O. The lowest BCUT2D eigenvalue weighted by atomic mass is 10.3. The first-order valence-electron chi connectivity index (χ1n) is 6.34. The molecule has 0 aliphatic heterocycles. The first-order valence-corrected chi connectivity index (χ1v) is 6.34. The summed E-state index contributed by atoms with van der Waals surface area (Å²) in [5.74, 6) is 0.181. The lowest BCUT2D eigenvalue weighted by Crippen LogP contribution is -1.97. The van der Waals surface area contributed by atoms with Crippen LogP contribution in [0.2, 0.25) is 0 Å². The van der Waals surface area contributed by atoms with Crippen molar-refractivity contribution in [1.82, 2.24) is 14.8 Å². The number of ether oxygens (including phenoxy) is 1. The number of nitrogens with zero attached hydrogens (tertiary/aromatic N) is 3. The molecule has 21 heavy (non-hydrogen) atoms. The van der Waals surface area contributed by atoms with Crippen LogP contribution < -0.4 is 10.1 Å². The molecule has 1 aromatic heterocycles. The fourth-order valence-corrected chi connectivity index (χ4v) is 1.89. The minimum atomic E-state index is -0.411. The molecule has 1 heterocycles. The number of hydrogen-bond donors (Lipinski definition) is 1. The van der Waals surface area contributed by atoms with E-state index in [1.165, 1.54) is 13.2 Å². The van der Waals surface area contributed by atoms with Crippen LogP contribution in [0.4, 0.5) is 16.0 Å². The second kappa shape index (κ2) is 5.62. The first-order chi connectivity index (χ1) is 10.3. The zero-order valence-corrected chi connectivity index (χ0v) is 11.3. The van der Waals surface area contributed by atoms with Gasteiger partial charge in [-0.1, -0.05) is 18.2 Å². The number of rotatable bonds is 4. The number of benzene rings is 2. The second-order valence-electron chi connectivity index (χ2n) is 4.32. The Balaban J connectivity index is 1.82. The van der Waals surface area contributed by atoms with Crippen molar-refractivity contribution >= 4 is 11.6 Å². The summed E-state index contributed by atoms with van der Waals surface area (Å²) in [6.07, 6.45) is 1.61. The average Bonchev–Trinajstić information content (AvgIpc) is 2.98. The third kappa shape index (κ3) is 2.84. The van der Waals surface area contributed by atoms with Crippen molar-refractivity contribution < 1.29 is 9.13 Å². The van der Waals surface area contributed by atoms with E-state index in [4.69, 9.17) is 4.74 Å². The molecule has 0 aliphatic carbocycles. The molecule has 0 amide bonds. The number of nitrogens with one attached hydrogen (secondary N) is 1. The van der Waals surface area contributed by atoms with Gasteiger partial charge in [0.2, 0.25) is 5.95 Å². The smallest absolute Gasteiger partial charge is 0.246 e. The molecule has 1 N–H and O–H groups in total. The summed E-state index contributed by atoms with van der Waals surface area (Å²) >= 11 is 0. The van der Waals surface area contributed by atoms with Crippen LogP contribution >= 0.6 is 0 Å². The summed E-state index contributed by atoms with van der Waals surface area (Å²) in [6, 6.07) is 14.1. The standard InChI is InChI=1S/C15H13FN4O/c1-21-14-9-11(7-8-13(14)16)18-15-17-10-20(19-15)12-5-3-2-4-6-12/h2-10H,1H3,(H,18,19). The van der Waals surface area contributed by atoms with E-state index < -0.39 is 5.82 Å². The lowest BCUT2D eigenvalue weighted by molar-refractivity contribution is 0.387. The molecule has 0 radical (unpaired) electrons. The van der Waals surface area contributed by atoms with E-state index in [0.29, 0.717) is 11.6 Å². The predicted molar refractivity (Wildman–Crippen MR) is 77.6 cm³/mol. The minimum Gasteiger partial charge on any atom is -0.494 e. The van der Waals surface area contributed by atoms with Crippen LogP contribution in [0.3, 0.4) is 0 Å². The Labute approximate surface area is 121 Å². The molecule has 0 aliphatic rings. The highest BCUT2D eigenvalue weighted by Gasteiger charge is 2.06. The van der Waals surface area contributed by atoms with Crippen LogP contribution in [0.25, 0.3) is 5.69 Å². The minimum absolute atomic E-state index is 0.169. The quantitative estimate of drug-likeness (QED) is 0.799. The van der Waals surface area contributed by atoms with Crippen LogP contribution in [0.15, 0.2) is 54.9 Å². The van der Waals surface area contributed by atoms with Gasteiger partial charge >= 0.3 is 0 Å². The molecule has 106 valence electrons. The van der Waals surface area contributed by atoms with Gasteiger partial charge in [0, 0.05) is 11.8 Å². The Kier molecular flexibility index (Phi) is 3.51. The van der Waals surface area contributed by atoms with Crippen molar-refractivity contribution in [3.8, 4) is 11.4 Å². The zero-order chi connectivity index (χ0) is 14.7. The van der Waals surface area contributed by atoms with Crippen molar-refractivity contribution in [2.24, 2.45) is 0 Å². The molecule has 0 saturated carbocycles. The van der Waals surface area contributed by atoms with Gasteiger partial charge in [0.15, 0.2) is 11.6 Å². The number of anilines is 2. The third-order valence-corrected chi connectivity index (χ3v) is 2.92. The molecule has 5 nitrogen and oxygen atoms in total. The van der Waals surface area contributed by atoms with Crippen LogP contribution in [0.1, 0.15) is 0 Å². The molecule has 0 saturated heterocycles. The van der Waals surface area contributed by atoms with Gasteiger partial charge in [-0.05, 0) is 24.3 Å². The number of halogens is 1. The predicted octanol–water partition coefficient (Wildman–Crippen LogP) is 3.16. The normalized spacial score (nSPS) is 10.4. The summed E-state index contributed by atoms with van der Waals surface area (Å²) in [5.41, 5.74) is 1.56. The van der Waals surface area contributed by atoms with Gasteiger partial charge in [-0.3, -0.25) is 0 Å². The molecule has 0 spiro atoms. The van der Waals surface area contributed by atoms with Gasteiger partial charge in [-0.2, -0.15) is 4.98 Å². The van der Waals surface area contributed by atoms with Gasteiger partial charge in [0.1, 0.15) is 6.33 Å². The van der Waals surface area contributed by atoms with Crippen molar-refractivity contribution in [2.75, 3.05) is 12.4 Å². The van der Waals surface area contributed by atoms with Crippen LogP contribution in [-0.2, 0) is 0 Å². The molecular weight excluding hydrogens is 271 g/mol. The van der Waals surface area contributed by atoms with E-state index in [9.17, 15) is 4.39 Å². The first kappa shape index (κ1) is 13.1. The molecule has 3 rings (SSSR count). The number of aromatic nitrogens is 3. The van der Waals surface area contributed by atoms with Crippen LogP contribution in [0.5, 0.6) is 5.75 Å². The van der Waals surface area contributed by atoms with Gasteiger partial charge < -0.3 is 10.1 Å². The lowest BCUT2D eigenvalue weighted by Gasteiger charge is -2.05. The fraction of sp³-hybridized carbons (Fsp3) is 0.0667. The Morgan fingerprint density at radius 1 is 1.14 bits per heavy atom. The Morgan fingerprint density at radius 3 is 2.71 bits per heavy atom. The largest absolute Gasteiger partial charge is 0.494 e. The van der Waals surface area contributed by atoms with Crippen molar-refractivity contribution in [3.63, 3.8) is 0 Å². The van der Waals surface area contributed by atoms with E-state index in [1.807, 2.05) is 30.3 Å². The monoisotopic (exact) mass is 284 g/mol. The van der Waals surface area contributed by atoms with E-state index in [1.54, 1.807) is 23.1 Å². The molecule has 6 heteroatoms. The third-order valence-electron chi connectivity index (χ3n) is 2.92. The maximum absolute atomic E-state index is 13.3. The summed E-state index contributed by atoms with van der Waals surface area (Å²) < 4.78 is 19.9. The maximum Gasteiger partial charge on any atom is 0.246 e. The maximum atomic E-state index is 13.3. The van der Waals surface area contributed by atoms with Crippen molar-refractivity contribution in [1.29, 1.82) is 0 Å². The molecule has 0 unspecified atom stereocenters. The molecule has 0 bridgehead atoms. The van der Waals surface area contributed by atoms with Crippen LogP contribution in [0, 0.1) is 5.82 Å². The second-order valence-corrected chi connectivity index (χ2v) is 4.32. The summed E-state index contributed by atoms with van der Waals surface area (Å²) in [5, 5.41) is 7.32. The highest BCUT2D eigenvalue weighted by molar-refractivity contribution is 5.56. The van der Waals surface area contributed by atoms with Gasteiger partial charge in [-0.15, -0.1) is 5.10 Å². The average molecular weight is 284 g/mol. The highest BCUT2D eigenvalue weighted by atomic mass is 19.1. The summed E-state index contributed by atoms with van der Waals surface area (Å²) in [6.45, 7) is 0. The van der Waals surface area contributed by atoms with E-state index >= 15 is 0 Å². The Bertz CT molecular complexity index is 742. The highest BCUT2D eigenvalue weighted by Crippen LogP contribution is 2.23. The summed E-state index contributed by atoms with van der Waals surface area (Å²) in [7, 11) is 1.42. The number of para-hydroxylation sites is 1. The van der Waals surface area contributed by atoms with Gasteiger partial charge in [0.05, 0.1) is 12.8 Å². The van der Waals surface area contributed by atoms with E-state index in [2.05, 4.69) is 15.4 Å². The van der Waals surface area contributed by atoms with Crippen molar-refractivity contribution in [2.45, 2.75) is 0 Å². The molecule has 3 aromatic rings. The molecule has 0 atom stereocenters. The topological polar surface area (TPSA) is 52.0 Å². The van der Waals surface area contributed by atoms with Gasteiger partial charge in [-0.25, -0.2) is 9.07 Å². The fourth-order valence-electron chi connectivity index (χ4n) is 1.89. The van der Waals surface area contributed by atoms with Gasteiger partial charge in [0.25, 0.3) is 0 Å². The Morgan fingerprint density at radius 2 is 1.95 bits per heavy atom. The zero-order valence-electron chi connectivity index (χ0n) is 11.3. The SMILES string of the molecule is COc1cc(Nc2ncn(-c3ccccc3)n2)ccc1F. The van der Waals surface area contributed by atoms with Crippen LogP contribution in [-0.4, -0.2) is 21.9 Å². The number of hydrogen-bond acceptors (Lipinski definition) is 4.